The molecule has 164 valence electrons. The van der Waals surface area contributed by atoms with Crippen molar-refractivity contribution in [1.82, 2.24) is 20.1 Å². The maximum Gasteiger partial charge on any atom is 0.272 e. The lowest BCUT2D eigenvalue weighted by Crippen LogP contribution is -2.33. The summed E-state index contributed by atoms with van der Waals surface area (Å²) in [6.07, 6.45) is 2.07. The molecule has 2 aromatic heterocycles. The molecule has 0 saturated heterocycles. The van der Waals surface area contributed by atoms with Crippen LogP contribution in [-0.4, -0.2) is 39.7 Å². The molecule has 0 saturated carbocycles. The number of thiazole rings is 1. The van der Waals surface area contributed by atoms with Crippen LogP contribution in [-0.2, 0) is 16.8 Å². The summed E-state index contributed by atoms with van der Waals surface area (Å²) >= 11 is 1.19. The standard InChI is InChI=1S/C21H19FN6O3S/c1-21(2,11-23)28-5-3-15(27-28)19(30)24-9-18(29)26-20-25-16(10-32-20)12-7-14(22)13-4-6-31-17(13)8-12/h3,5,7-8,10H,4,6,9H2,1-2H3,(H,24,30)(H,25,26,29). The molecule has 1 aliphatic heterocycles. The number of hydrogen-bond donors (Lipinski definition) is 2. The van der Waals surface area contributed by atoms with Gasteiger partial charge in [-0.3, -0.25) is 14.3 Å². The zero-order valence-corrected chi connectivity index (χ0v) is 18.1. The van der Waals surface area contributed by atoms with Crippen LogP contribution in [0, 0.1) is 17.1 Å². The summed E-state index contributed by atoms with van der Waals surface area (Å²) in [5, 5.41) is 20.3. The van der Waals surface area contributed by atoms with Crippen molar-refractivity contribution < 1.29 is 18.7 Å². The largest absolute Gasteiger partial charge is 0.493 e. The predicted octanol–water partition coefficient (Wildman–Crippen LogP) is 2.71. The van der Waals surface area contributed by atoms with Crippen molar-refractivity contribution in [3.63, 3.8) is 0 Å². The van der Waals surface area contributed by atoms with Crippen LogP contribution in [0.3, 0.4) is 0 Å². The van der Waals surface area contributed by atoms with Gasteiger partial charge in [-0.15, -0.1) is 11.3 Å². The van der Waals surface area contributed by atoms with Gasteiger partial charge >= 0.3 is 0 Å². The lowest BCUT2D eigenvalue weighted by molar-refractivity contribution is -0.115. The fraction of sp³-hybridized carbons (Fsp3) is 0.286. The lowest BCUT2D eigenvalue weighted by Gasteiger charge is -2.15. The number of carbonyl (C=O) groups is 2. The van der Waals surface area contributed by atoms with Crippen LogP contribution >= 0.6 is 11.3 Å². The Morgan fingerprint density at radius 1 is 1.41 bits per heavy atom. The Morgan fingerprint density at radius 2 is 2.22 bits per heavy atom. The number of benzene rings is 1. The Morgan fingerprint density at radius 3 is 3.00 bits per heavy atom. The number of halogens is 1. The smallest absolute Gasteiger partial charge is 0.272 e. The van der Waals surface area contributed by atoms with Gasteiger partial charge in [0.15, 0.2) is 5.13 Å². The van der Waals surface area contributed by atoms with Crippen molar-refractivity contribution >= 4 is 28.3 Å². The highest BCUT2D eigenvalue weighted by Gasteiger charge is 2.22. The average molecular weight is 454 g/mol. The molecule has 3 aromatic rings. The van der Waals surface area contributed by atoms with E-state index in [1.54, 1.807) is 25.3 Å². The van der Waals surface area contributed by atoms with Crippen molar-refractivity contribution in [2.45, 2.75) is 25.8 Å². The second-order valence-corrected chi connectivity index (χ2v) is 8.48. The monoisotopic (exact) mass is 454 g/mol. The number of aromatic nitrogens is 3. The van der Waals surface area contributed by atoms with Crippen molar-refractivity contribution in [3.8, 4) is 23.1 Å². The molecule has 0 atom stereocenters. The predicted molar refractivity (Wildman–Crippen MR) is 115 cm³/mol. The summed E-state index contributed by atoms with van der Waals surface area (Å²) in [6.45, 7) is 3.50. The third-order valence-electron chi connectivity index (χ3n) is 4.89. The summed E-state index contributed by atoms with van der Waals surface area (Å²) in [6, 6.07) is 6.70. The van der Waals surface area contributed by atoms with E-state index >= 15 is 0 Å². The summed E-state index contributed by atoms with van der Waals surface area (Å²) in [7, 11) is 0. The van der Waals surface area contributed by atoms with Crippen molar-refractivity contribution in [1.29, 1.82) is 5.26 Å². The van der Waals surface area contributed by atoms with E-state index < -0.39 is 17.4 Å². The quantitative estimate of drug-likeness (QED) is 0.591. The van der Waals surface area contributed by atoms with E-state index in [0.717, 1.165) is 0 Å². The van der Waals surface area contributed by atoms with Crippen molar-refractivity contribution in [2.24, 2.45) is 0 Å². The van der Waals surface area contributed by atoms with E-state index in [0.29, 0.717) is 40.7 Å². The van der Waals surface area contributed by atoms with Gasteiger partial charge in [0, 0.05) is 29.1 Å². The number of fused-ring (bicyclic) bond motifs is 1. The van der Waals surface area contributed by atoms with Gasteiger partial charge in [-0.05, 0) is 32.0 Å². The molecule has 1 aromatic carbocycles. The zero-order chi connectivity index (χ0) is 22.9. The minimum atomic E-state index is -0.897. The highest BCUT2D eigenvalue weighted by molar-refractivity contribution is 7.14. The van der Waals surface area contributed by atoms with Crippen LogP contribution in [0.25, 0.3) is 11.3 Å². The van der Waals surface area contributed by atoms with E-state index in [4.69, 9.17) is 10.00 Å². The van der Waals surface area contributed by atoms with Gasteiger partial charge in [-0.2, -0.15) is 10.4 Å². The number of hydrogen-bond acceptors (Lipinski definition) is 7. The van der Waals surface area contributed by atoms with Crippen LogP contribution in [0.5, 0.6) is 5.75 Å². The van der Waals surface area contributed by atoms with Crippen LogP contribution < -0.4 is 15.4 Å². The molecule has 4 rings (SSSR count). The molecule has 0 radical (unpaired) electrons. The molecule has 0 bridgehead atoms. The Labute approximate surface area is 186 Å². The molecule has 2 N–H and O–H groups in total. The van der Waals surface area contributed by atoms with E-state index in [-0.39, 0.29) is 18.1 Å². The normalized spacial score (nSPS) is 12.6. The highest BCUT2D eigenvalue weighted by Crippen LogP contribution is 2.34. The highest BCUT2D eigenvalue weighted by atomic mass is 32.1. The van der Waals surface area contributed by atoms with Gasteiger partial charge in [0.25, 0.3) is 5.91 Å². The summed E-state index contributed by atoms with van der Waals surface area (Å²) in [4.78, 5) is 28.8. The topological polar surface area (TPSA) is 122 Å². The van der Waals surface area contributed by atoms with Gasteiger partial charge in [-0.1, -0.05) is 0 Å². The number of nitrogens with one attached hydrogen (secondary N) is 2. The fourth-order valence-electron chi connectivity index (χ4n) is 3.08. The fourth-order valence-corrected chi connectivity index (χ4v) is 3.82. The molecular formula is C21H19FN6O3S. The van der Waals surface area contributed by atoms with Crippen LogP contribution in [0.2, 0.25) is 0 Å². The molecule has 0 aliphatic carbocycles. The number of anilines is 1. The first-order chi connectivity index (χ1) is 15.3. The average Bonchev–Trinajstić information content (AvgIpc) is 3.52. The molecule has 0 unspecified atom stereocenters. The first kappa shape index (κ1) is 21.5. The summed E-state index contributed by atoms with van der Waals surface area (Å²) in [5.74, 6) is -0.834. The number of rotatable bonds is 6. The molecule has 2 amide bonds. The molecule has 32 heavy (non-hydrogen) atoms. The number of nitriles is 1. The van der Waals surface area contributed by atoms with Gasteiger partial charge < -0.3 is 15.4 Å². The van der Waals surface area contributed by atoms with Crippen molar-refractivity contribution in [3.05, 3.63) is 46.9 Å². The molecule has 11 heteroatoms. The molecular weight excluding hydrogens is 435 g/mol. The Kier molecular flexibility index (Phi) is 5.63. The van der Waals surface area contributed by atoms with Crippen LogP contribution in [0.4, 0.5) is 9.52 Å². The number of ether oxygens (including phenoxy) is 1. The first-order valence-corrected chi connectivity index (χ1v) is 10.6. The van der Waals surface area contributed by atoms with E-state index in [1.165, 1.54) is 34.3 Å². The van der Waals surface area contributed by atoms with Crippen LogP contribution in [0.15, 0.2) is 29.8 Å². The van der Waals surface area contributed by atoms with Gasteiger partial charge in [0.2, 0.25) is 5.91 Å². The SMILES string of the molecule is CC(C)(C#N)n1ccc(C(=O)NCC(=O)Nc2nc(-c3cc(F)c4c(c3)OCC4)cs2)n1. The Hall–Kier alpha value is -3.78. The first-order valence-electron chi connectivity index (χ1n) is 9.73. The summed E-state index contributed by atoms with van der Waals surface area (Å²) in [5.41, 5.74) is 0.834. The third kappa shape index (κ3) is 4.31. The van der Waals surface area contributed by atoms with Crippen LogP contribution in [0.1, 0.15) is 29.9 Å². The molecule has 1 aliphatic rings. The van der Waals surface area contributed by atoms with Gasteiger partial charge in [0.05, 0.1) is 24.9 Å². The minimum absolute atomic E-state index is 0.0958. The molecule has 0 fully saturated rings. The number of carbonyl (C=O) groups excluding carboxylic acids is 2. The third-order valence-corrected chi connectivity index (χ3v) is 5.65. The van der Waals surface area contributed by atoms with Crippen molar-refractivity contribution in [2.75, 3.05) is 18.5 Å². The number of nitrogens with zero attached hydrogens (tertiary/aromatic N) is 4. The Bertz CT molecular complexity index is 1240. The number of amides is 2. The second-order valence-electron chi connectivity index (χ2n) is 7.62. The Balaban J connectivity index is 1.35. The molecule has 3 heterocycles. The summed E-state index contributed by atoms with van der Waals surface area (Å²) < 4.78 is 21.0. The van der Waals surface area contributed by atoms with Gasteiger partial charge in [0.1, 0.15) is 22.8 Å². The maximum atomic E-state index is 14.2. The van der Waals surface area contributed by atoms with E-state index in [1.807, 2.05) is 0 Å². The molecule has 0 spiro atoms. The van der Waals surface area contributed by atoms with Gasteiger partial charge in [-0.25, -0.2) is 9.37 Å². The zero-order valence-electron chi connectivity index (χ0n) is 17.3. The maximum absolute atomic E-state index is 14.2. The molecule has 9 nitrogen and oxygen atoms in total. The lowest BCUT2D eigenvalue weighted by atomic mass is 10.1. The van der Waals surface area contributed by atoms with E-state index in [9.17, 15) is 14.0 Å². The van der Waals surface area contributed by atoms with E-state index in [2.05, 4.69) is 26.8 Å². The second kappa shape index (κ2) is 8.39. The minimum Gasteiger partial charge on any atom is -0.493 e.